The number of aromatic nitrogens is 2. The lowest BCUT2D eigenvalue weighted by Gasteiger charge is -2.38. The Hall–Kier alpha value is -2.22. The summed E-state index contributed by atoms with van der Waals surface area (Å²) in [5.74, 6) is 0.310. The zero-order valence-corrected chi connectivity index (χ0v) is 21.4. The molecule has 1 saturated heterocycles. The van der Waals surface area contributed by atoms with Crippen LogP contribution in [0.25, 0.3) is 22.0 Å². The third kappa shape index (κ3) is 3.52. The second-order valence-electron chi connectivity index (χ2n) is 11.1. The molecule has 3 heterocycles. The summed E-state index contributed by atoms with van der Waals surface area (Å²) in [6.45, 7) is 12.2. The minimum atomic E-state index is -2.30. The van der Waals surface area contributed by atoms with Gasteiger partial charge in [0.1, 0.15) is 0 Å². The second-order valence-corrected chi connectivity index (χ2v) is 16.2. The topological polar surface area (TPSA) is 79.6 Å². The Morgan fingerprint density at radius 3 is 2.58 bits per heavy atom. The maximum atomic E-state index is 11.7. The number of aromatic hydroxyl groups is 2. The molecule has 0 amide bonds. The van der Waals surface area contributed by atoms with Crippen molar-refractivity contribution in [2.24, 2.45) is 0 Å². The van der Waals surface area contributed by atoms with Gasteiger partial charge in [-0.25, -0.2) is 0 Å². The van der Waals surface area contributed by atoms with Crippen molar-refractivity contribution in [3.8, 4) is 22.9 Å². The Labute approximate surface area is 196 Å². The molecule has 7 heteroatoms. The number of fused-ring (bicyclic) bond motifs is 5. The van der Waals surface area contributed by atoms with Crippen LogP contribution in [0.2, 0.25) is 18.1 Å². The first-order chi connectivity index (χ1) is 15.6. The Morgan fingerprint density at radius 2 is 1.88 bits per heavy atom. The Bertz CT molecular complexity index is 1180. The fourth-order valence-electron chi connectivity index (χ4n) is 5.26. The van der Waals surface area contributed by atoms with Crippen LogP contribution in [0.3, 0.4) is 0 Å². The fraction of sp³-hybridized carbons (Fsp3) is 0.538. The van der Waals surface area contributed by atoms with E-state index >= 15 is 0 Å². The van der Waals surface area contributed by atoms with Gasteiger partial charge >= 0.3 is 0 Å². The van der Waals surface area contributed by atoms with Crippen LogP contribution in [0.5, 0.6) is 11.8 Å². The van der Waals surface area contributed by atoms with Crippen LogP contribution < -0.4 is 0 Å². The zero-order valence-electron chi connectivity index (χ0n) is 20.4. The third-order valence-corrected chi connectivity index (χ3v) is 13.3. The summed E-state index contributed by atoms with van der Waals surface area (Å²) in [7, 11) is -2.30. The summed E-state index contributed by atoms with van der Waals surface area (Å²) >= 11 is 0. The molecule has 1 aliphatic carbocycles. The lowest BCUT2D eigenvalue weighted by Crippen LogP contribution is -2.44. The smallest absolute Gasteiger partial charge is 0.194 e. The number of aromatic amines is 1. The standard InChI is InChI=1S/C26H36N2O4Si/c1-26(2,3)33(4,5)28-24(29)21-16(15-32-20-12-8-9-13-31-20)14-19-22(23(21)25(28)30)17-10-6-7-11-18(17)27-19/h6-7,10-11,16,20,27,29-30H,8-9,12-15H2,1-5H3. The molecule has 1 aliphatic heterocycles. The van der Waals surface area contributed by atoms with E-state index < -0.39 is 8.24 Å². The Kier molecular flexibility index (Phi) is 5.42. The van der Waals surface area contributed by atoms with Crippen LogP contribution >= 0.6 is 0 Å². The highest BCUT2D eigenvalue weighted by atomic mass is 28.3. The molecule has 3 N–H and O–H groups in total. The molecule has 0 saturated carbocycles. The zero-order chi connectivity index (χ0) is 23.5. The van der Waals surface area contributed by atoms with E-state index in [1.807, 2.05) is 16.4 Å². The van der Waals surface area contributed by atoms with E-state index in [0.717, 1.165) is 65.6 Å². The summed E-state index contributed by atoms with van der Waals surface area (Å²) in [4.78, 5) is 3.57. The predicted molar refractivity (Wildman–Crippen MR) is 134 cm³/mol. The van der Waals surface area contributed by atoms with Crippen LogP contribution in [-0.2, 0) is 15.9 Å². The van der Waals surface area contributed by atoms with E-state index in [1.54, 1.807) is 0 Å². The van der Waals surface area contributed by atoms with Gasteiger partial charge in [-0.3, -0.25) is 0 Å². The Balaban J connectivity index is 1.66. The molecule has 3 aromatic rings. The number of para-hydroxylation sites is 1. The average molecular weight is 469 g/mol. The molecule has 6 nitrogen and oxygen atoms in total. The number of nitrogens with zero attached hydrogens (tertiary/aromatic N) is 1. The molecule has 2 aliphatic rings. The molecule has 1 aromatic carbocycles. The predicted octanol–water partition coefficient (Wildman–Crippen LogP) is 6.08. The first-order valence-corrected chi connectivity index (χ1v) is 15.1. The molecule has 0 spiro atoms. The molecule has 1 fully saturated rings. The van der Waals surface area contributed by atoms with Crippen LogP contribution in [0.1, 0.15) is 57.2 Å². The number of hydrogen-bond donors (Lipinski definition) is 3. The largest absolute Gasteiger partial charge is 0.495 e. The minimum Gasteiger partial charge on any atom is -0.495 e. The van der Waals surface area contributed by atoms with Crippen LogP contribution in [0.4, 0.5) is 0 Å². The van der Waals surface area contributed by atoms with E-state index in [9.17, 15) is 10.2 Å². The maximum absolute atomic E-state index is 11.7. The number of ether oxygens (including phenoxy) is 2. The van der Waals surface area contributed by atoms with Gasteiger partial charge in [-0.15, -0.1) is 0 Å². The monoisotopic (exact) mass is 468 g/mol. The molecular weight excluding hydrogens is 432 g/mol. The minimum absolute atomic E-state index is 0.0610. The lowest BCUT2D eigenvalue weighted by molar-refractivity contribution is -0.165. The van der Waals surface area contributed by atoms with Crippen LogP contribution in [-0.4, -0.2) is 47.2 Å². The van der Waals surface area contributed by atoms with Gasteiger partial charge in [-0.1, -0.05) is 52.1 Å². The summed E-state index contributed by atoms with van der Waals surface area (Å²) in [6, 6.07) is 8.19. The van der Waals surface area contributed by atoms with E-state index in [-0.39, 0.29) is 29.0 Å². The van der Waals surface area contributed by atoms with E-state index in [4.69, 9.17) is 9.47 Å². The van der Waals surface area contributed by atoms with Gasteiger partial charge < -0.3 is 28.9 Å². The SMILES string of the molecule is CC(C)(C)[Si](C)(C)n1c(O)c2c(c1O)C(COC1CCCCO1)Cc1[nH]c3ccccc3c1-2. The van der Waals surface area contributed by atoms with Crippen molar-refractivity contribution in [2.75, 3.05) is 13.2 Å². The molecular formula is C26H36N2O4Si. The molecule has 5 rings (SSSR count). The van der Waals surface area contributed by atoms with Crippen molar-refractivity contribution in [2.45, 2.75) is 76.8 Å². The quantitative estimate of drug-likeness (QED) is 0.405. The number of hydrogen-bond acceptors (Lipinski definition) is 4. The first kappa shape index (κ1) is 22.6. The number of H-pyrrole nitrogens is 1. The summed E-state index contributed by atoms with van der Waals surface area (Å²) in [6.07, 6.45) is 3.62. The highest BCUT2D eigenvalue weighted by molar-refractivity contribution is 6.79. The lowest BCUT2D eigenvalue weighted by atomic mass is 9.83. The normalized spacial score (nSPS) is 21.2. The van der Waals surface area contributed by atoms with Gasteiger partial charge in [0.25, 0.3) is 0 Å². The number of nitrogens with one attached hydrogen (secondary N) is 1. The van der Waals surface area contributed by atoms with Gasteiger partial charge in [0.05, 0.1) is 12.2 Å². The molecule has 178 valence electrons. The number of rotatable bonds is 4. The van der Waals surface area contributed by atoms with Crippen molar-refractivity contribution in [3.63, 3.8) is 0 Å². The molecule has 0 bridgehead atoms. The first-order valence-electron chi connectivity index (χ1n) is 12.1. The Morgan fingerprint density at radius 1 is 1.12 bits per heavy atom. The molecule has 33 heavy (non-hydrogen) atoms. The van der Waals surface area contributed by atoms with Gasteiger partial charge in [-0.2, -0.15) is 0 Å². The van der Waals surface area contributed by atoms with Gasteiger partial charge in [-0.05, 0) is 36.8 Å². The van der Waals surface area contributed by atoms with E-state index in [1.165, 1.54) is 0 Å². The van der Waals surface area contributed by atoms with Gasteiger partial charge in [0.2, 0.25) is 0 Å². The van der Waals surface area contributed by atoms with E-state index in [0.29, 0.717) is 6.61 Å². The summed E-state index contributed by atoms with van der Waals surface area (Å²) < 4.78 is 13.9. The van der Waals surface area contributed by atoms with Crippen molar-refractivity contribution >= 4 is 19.1 Å². The summed E-state index contributed by atoms with van der Waals surface area (Å²) in [5, 5.41) is 24.3. The maximum Gasteiger partial charge on any atom is 0.194 e. The summed E-state index contributed by atoms with van der Waals surface area (Å²) in [5.41, 5.74) is 4.71. The number of benzene rings is 1. The van der Waals surface area contributed by atoms with Gasteiger partial charge in [0.15, 0.2) is 26.3 Å². The van der Waals surface area contributed by atoms with E-state index in [2.05, 4.69) is 51.0 Å². The van der Waals surface area contributed by atoms with Crippen LogP contribution in [0, 0.1) is 0 Å². The van der Waals surface area contributed by atoms with Crippen molar-refractivity contribution in [1.29, 1.82) is 0 Å². The second kappa shape index (κ2) is 7.93. The fourth-order valence-corrected chi connectivity index (χ4v) is 7.22. The van der Waals surface area contributed by atoms with Crippen molar-refractivity contribution < 1.29 is 19.7 Å². The molecule has 0 radical (unpaired) electrons. The third-order valence-electron chi connectivity index (χ3n) is 8.07. The van der Waals surface area contributed by atoms with Crippen molar-refractivity contribution in [3.05, 3.63) is 35.5 Å². The highest BCUT2D eigenvalue weighted by Crippen LogP contribution is 2.55. The molecule has 2 aromatic heterocycles. The molecule has 2 unspecified atom stereocenters. The average Bonchev–Trinajstić information content (AvgIpc) is 3.26. The van der Waals surface area contributed by atoms with Crippen LogP contribution in [0.15, 0.2) is 24.3 Å². The molecule has 2 atom stereocenters. The highest BCUT2D eigenvalue weighted by Gasteiger charge is 2.45. The van der Waals surface area contributed by atoms with Gasteiger partial charge in [0, 0.05) is 40.2 Å². The van der Waals surface area contributed by atoms with Crippen molar-refractivity contribution in [1.82, 2.24) is 9.22 Å².